The number of nitrogens with one attached hydrogen (secondary N) is 1. The zero-order valence-corrected chi connectivity index (χ0v) is 10.5. The van der Waals surface area contributed by atoms with Gasteiger partial charge in [0.05, 0.1) is 12.1 Å². The molecule has 2 N–H and O–H groups in total. The van der Waals surface area contributed by atoms with Crippen LogP contribution in [0.25, 0.3) is 0 Å². The van der Waals surface area contributed by atoms with Gasteiger partial charge in [-0.05, 0) is 34.6 Å². The molecule has 1 unspecified atom stereocenters. The van der Waals surface area contributed by atoms with Crippen LogP contribution >= 0.6 is 0 Å². The van der Waals surface area contributed by atoms with Crippen molar-refractivity contribution in [3.05, 3.63) is 0 Å². The molecule has 0 aromatic rings. The molecule has 0 aliphatic carbocycles. The smallest absolute Gasteiger partial charge is 0.236 e. The standard InChI is InChI=1S/C11H24N2O2/c1-6-13(7-2)10(14)8-12-9(3)11(4,5)15/h9,12,15H,6-8H2,1-5H3. The maximum absolute atomic E-state index is 11.6. The first-order chi connectivity index (χ1) is 6.82. The van der Waals surface area contributed by atoms with Crippen molar-refractivity contribution < 1.29 is 9.90 Å². The molecule has 0 bridgehead atoms. The molecule has 1 amide bonds. The van der Waals surface area contributed by atoms with Crippen LogP contribution in [-0.4, -0.2) is 47.2 Å². The lowest BCUT2D eigenvalue weighted by Crippen LogP contribution is -2.48. The fourth-order valence-corrected chi connectivity index (χ4v) is 1.18. The summed E-state index contributed by atoms with van der Waals surface area (Å²) < 4.78 is 0. The molecular weight excluding hydrogens is 192 g/mol. The maximum atomic E-state index is 11.6. The minimum absolute atomic E-state index is 0.0797. The Morgan fingerprint density at radius 1 is 1.40 bits per heavy atom. The third-order valence-corrected chi connectivity index (χ3v) is 2.74. The zero-order valence-electron chi connectivity index (χ0n) is 10.5. The number of hydrogen-bond donors (Lipinski definition) is 2. The van der Waals surface area contributed by atoms with Crippen LogP contribution < -0.4 is 5.32 Å². The lowest BCUT2D eigenvalue weighted by atomic mass is 10.0. The van der Waals surface area contributed by atoms with Crippen molar-refractivity contribution in [1.29, 1.82) is 0 Å². The van der Waals surface area contributed by atoms with E-state index in [0.717, 1.165) is 13.1 Å². The second-order valence-corrected chi connectivity index (χ2v) is 4.32. The van der Waals surface area contributed by atoms with Gasteiger partial charge in [-0.3, -0.25) is 4.79 Å². The predicted molar refractivity (Wildman–Crippen MR) is 61.7 cm³/mol. The summed E-state index contributed by atoms with van der Waals surface area (Å²) in [6.45, 7) is 11.0. The number of nitrogens with zero attached hydrogens (tertiary/aromatic N) is 1. The summed E-state index contributed by atoms with van der Waals surface area (Å²) in [5.74, 6) is 0.0797. The van der Waals surface area contributed by atoms with E-state index >= 15 is 0 Å². The highest BCUT2D eigenvalue weighted by molar-refractivity contribution is 5.78. The van der Waals surface area contributed by atoms with E-state index in [1.807, 2.05) is 20.8 Å². The first kappa shape index (κ1) is 14.4. The molecule has 0 aromatic carbocycles. The Hall–Kier alpha value is -0.610. The van der Waals surface area contributed by atoms with E-state index in [9.17, 15) is 9.90 Å². The molecule has 0 rings (SSSR count). The van der Waals surface area contributed by atoms with Gasteiger partial charge in [-0.25, -0.2) is 0 Å². The summed E-state index contributed by atoms with van der Waals surface area (Å²) in [4.78, 5) is 13.4. The molecular formula is C11H24N2O2. The van der Waals surface area contributed by atoms with Gasteiger partial charge in [0.2, 0.25) is 5.91 Å². The zero-order chi connectivity index (χ0) is 12.1. The molecule has 4 nitrogen and oxygen atoms in total. The van der Waals surface area contributed by atoms with Gasteiger partial charge in [0.1, 0.15) is 0 Å². The summed E-state index contributed by atoms with van der Waals surface area (Å²) >= 11 is 0. The Morgan fingerprint density at radius 2 is 1.87 bits per heavy atom. The summed E-state index contributed by atoms with van der Waals surface area (Å²) in [6.07, 6.45) is 0. The Bertz CT molecular complexity index is 195. The van der Waals surface area contributed by atoms with Crippen molar-refractivity contribution in [3.8, 4) is 0 Å². The van der Waals surface area contributed by atoms with Gasteiger partial charge in [-0.2, -0.15) is 0 Å². The number of aliphatic hydroxyl groups is 1. The van der Waals surface area contributed by atoms with E-state index in [4.69, 9.17) is 0 Å². The first-order valence-corrected chi connectivity index (χ1v) is 5.56. The fourth-order valence-electron chi connectivity index (χ4n) is 1.18. The number of hydrogen-bond acceptors (Lipinski definition) is 3. The maximum Gasteiger partial charge on any atom is 0.236 e. The van der Waals surface area contributed by atoms with Crippen molar-refractivity contribution in [3.63, 3.8) is 0 Å². The molecule has 0 radical (unpaired) electrons. The third-order valence-electron chi connectivity index (χ3n) is 2.74. The quantitative estimate of drug-likeness (QED) is 0.684. The summed E-state index contributed by atoms with van der Waals surface area (Å²) in [5, 5.41) is 12.7. The Morgan fingerprint density at radius 3 is 2.20 bits per heavy atom. The first-order valence-electron chi connectivity index (χ1n) is 5.56. The van der Waals surface area contributed by atoms with Crippen LogP contribution in [0.15, 0.2) is 0 Å². The van der Waals surface area contributed by atoms with Crippen molar-refractivity contribution >= 4 is 5.91 Å². The summed E-state index contributed by atoms with van der Waals surface area (Å²) in [7, 11) is 0. The predicted octanol–water partition coefficient (Wildman–Crippen LogP) is 0.604. The van der Waals surface area contributed by atoms with E-state index in [-0.39, 0.29) is 18.5 Å². The largest absolute Gasteiger partial charge is 0.389 e. The molecule has 0 spiro atoms. The van der Waals surface area contributed by atoms with Crippen LogP contribution in [0.5, 0.6) is 0 Å². The minimum atomic E-state index is -0.802. The van der Waals surface area contributed by atoms with Gasteiger partial charge in [0.15, 0.2) is 0 Å². The highest BCUT2D eigenvalue weighted by Crippen LogP contribution is 2.06. The van der Waals surface area contributed by atoms with E-state index in [0.29, 0.717) is 0 Å². The van der Waals surface area contributed by atoms with Crippen molar-refractivity contribution in [2.75, 3.05) is 19.6 Å². The van der Waals surface area contributed by atoms with Crippen LogP contribution in [-0.2, 0) is 4.79 Å². The summed E-state index contributed by atoms with van der Waals surface area (Å²) in [6, 6.07) is -0.1000. The second kappa shape index (κ2) is 6.08. The van der Waals surface area contributed by atoms with Crippen LogP contribution in [0.1, 0.15) is 34.6 Å². The lowest BCUT2D eigenvalue weighted by Gasteiger charge is -2.28. The average Bonchev–Trinajstić information content (AvgIpc) is 2.14. The molecule has 0 aromatic heterocycles. The monoisotopic (exact) mass is 216 g/mol. The van der Waals surface area contributed by atoms with Gasteiger partial charge in [-0.15, -0.1) is 0 Å². The Labute approximate surface area is 92.7 Å². The SMILES string of the molecule is CCN(CC)C(=O)CNC(C)C(C)(C)O. The number of carbonyl (C=O) groups is 1. The Balaban J connectivity index is 4.00. The van der Waals surface area contributed by atoms with E-state index in [2.05, 4.69) is 5.32 Å². The van der Waals surface area contributed by atoms with Crippen LogP contribution in [0.3, 0.4) is 0 Å². The van der Waals surface area contributed by atoms with Gasteiger partial charge < -0.3 is 15.3 Å². The number of rotatable bonds is 6. The highest BCUT2D eigenvalue weighted by Gasteiger charge is 2.22. The molecule has 0 aliphatic rings. The third kappa shape index (κ3) is 5.14. The molecule has 0 saturated carbocycles. The number of carbonyl (C=O) groups excluding carboxylic acids is 1. The molecule has 1 atom stereocenters. The lowest BCUT2D eigenvalue weighted by molar-refractivity contribution is -0.130. The van der Waals surface area contributed by atoms with E-state index < -0.39 is 5.60 Å². The molecule has 0 saturated heterocycles. The van der Waals surface area contributed by atoms with E-state index in [1.165, 1.54) is 0 Å². The fraction of sp³-hybridized carbons (Fsp3) is 0.909. The van der Waals surface area contributed by atoms with Crippen molar-refractivity contribution in [2.24, 2.45) is 0 Å². The van der Waals surface area contributed by atoms with Gasteiger partial charge >= 0.3 is 0 Å². The van der Waals surface area contributed by atoms with Crippen LogP contribution in [0.4, 0.5) is 0 Å². The summed E-state index contributed by atoms with van der Waals surface area (Å²) in [5.41, 5.74) is -0.802. The molecule has 0 fully saturated rings. The minimum Gasteiger partial charge on any atom is -0.389 e. The molecule has 15 heavy (non-hydrogen) atoms. The average molecular weight is 216 g/mol. The van der Waals surface area contributed by atoms with Gasteiger partial charge in [0, 0.05) is 19.1 Å². The topological polar surface area (TPSA) is 52.6 Å². The molecule has 4 heteroatoms. The highest BCUT2D eigenvalue weighted by atomic mass is 16.3. The molecule has 90 valence electrons. The van der Waals surface area contributed by atoms with Crippen LogP contribution in [0.2, 0.25) is 0 Å². The number of likely N-dealkylation sites (N-methyl/N-ethyl adjacent to an activating group) is 1. The Kier molecular flexibility index (Phi) is 5.83. The second-order valence-electron chi connectivity index (χ2n) is 4.32. The van der Waals surface area contributed by atoms with Gasteiger partial charge in [0.25, 0.3) is 0 Å². The number of amides is 1. The molecule has 0 aliphatic heterocycles. The van der Waals surface area contributed by atoms with Gasteiger partial charge in [-0.1, -0.05) is 0 Å². The van der Waals surface area contributed by atoms with Crippen molar-refractivity contribution in [1.82, 2.24) is 10.2 Å². The molecule has 0 heterocycles. The normalized spacial score (nSPS) is 13.7. The van der Waals surface area contributed by atoms with E-state index in [1.54, 1.807) is 18.7 Å². The van der Waals surface area contributed by atoms with Crippen LogP contribution in [0, 0.1) is 0 Å². The van der Waals surface area contributed by atoms with Crippen molar-refractivity contribution in [2.45, 2.75) is 46.3 Å².